The summed E-state index contributed by atoms with van der Waals surface area (Å²) in [5.74, 6) is -0.0195. The summed E-state index contributed by atoms with van der Waals surface area (Å²) in [7, 11) is 0. The van der Waals surface area contributed by atoms with Crippen LogP contribution in [0.3, 0.4) is 0 Å². The molecule has 0 saturated carbocycles. The fourth-order valence-electron chi connectivity index (χ4n) is 2.68. The molecule has 0 saturated heterocycles. The van der Waals surface area contributed by atoms with Crippen LogP contribution < -0.4 is 5.73 Å². The molecule has 0 amide bonds. The third-order valence-corrected chi connectivity index (χ3v) is 4.19. The zero-order valence-corrected chi connectivity index (χ0v) is 14.2. The van der Waals surface area contributed by atoms with Crippen molar-refractivity contribution < 1.29 is 4.79 Å². The number of hydrogen-bond donors (Lipinski definition) is 1. The van der Waals surface area contributed by atoms with Crippen LogP contribution in [-0.2, 0) is 4.79 Å². The van der Waals surface area contributed by atoms with E-state index < -0.39 is 0 Å². The van der Waals surface area contributed by atoms with Crippen LogP contribution in [-0.4, -0.2) is 11.8 Å². The zero-order valence-electron chi connectivity index (χ0n) is 14.2. The van der Waals surface area contributed by atoms with Gasteiger partial charge in [-0.25, -0.2) is 0 Å². The molecule has 0 aliphatic heterocycles. The SMILES string of the molecule is C=CC(=O)C(N)CCCCCCCCCCCCCCC. The molecule has 0 fully saturated rings. The molecule has 0 aromatic heterocycles. The van der Waals surface area contributed by atoms with E-state index in [2.05, 4.69) is 13.5 Å². The van der Waals surface area contributed by atoms with Gasteiger partial charge in [0.25, 0.3) is 0 Å². The van der Waals surface area contributed by atoms with Gasteiger partial charge < -0.3 is 5.73 Å². The van der Waals surface area contributed by atoms with Crippen LogP contribution in [0.15, 0.2) is 12.7 Å². The molecule has 124 valence electrons. The number of carbonyl (C=O) groups is 1. The maximum Gasteiger partial charge on any atom is 0.171 e. The van der Waals surface area contributed by atoms with Crippen molar-refractivity contribution in [2.45, 2.75) is 103 Å². The predicted molar refractivity (Wildman–Crippen MR) is 93.5 cm³/mol. The minimum absolute atomic E-state index is 0.0195. The maximum atomic E-state index is 11.2. The van der Waals surface area contributed by atoms with Crippen molar-refractivity contribution in [1.29, 1.82) is 0 Å². The Morgan fingerprint density at radius 2 is 1.24 bits per heavy atom. The van der Waals surface area contributed by atoms with Crippen molar-refractivity contribution in [3.8, 4) is 0 Å². The first-order valence-electron chi connectivity index (χ1n) is 9.14. The van der Waals surface area contributed by atoms with E-state index in [0.717, 1.165) is 12.8 Å². The lowest BCUT2D eigenvalue weighted by atomic mass is 10.0. The summed E-state index contributed by atoms with van der Waals surface area (Å²) in [6.45, 7) is 5.73. The van der Waals surface area contributed by atoms with Gasteiger partial charge in [0.1, 0.15) is 0 Å². The molecule has 2 N–H and O–H groups in total. The second-order valence-electron chi connectivity index (χ2n) is 6.24. The van der Waals surface area contributed by atoms with Gasteiger partial charge in [-0.1, -0.05) is 97.0 Å². The first-order valence-corrected chi connectivity index (χ1v) is 9.14. The summed E-state index contributed by atoms with van der Waals surface area (Å²) < 4.78 is 0. The fourth-order valence-corrected chi connectivity index (χ4v) is 2.68. The molecule has 1 unspecified atom stereocenters. The Labute approximate surface area is 132 Å². The topological polar surface area (TPSA) is 43.1 Å². The molecular formula is C19H37NO. The van der Waals surface area contributed by atoms with Gasteiger partial charge in [-0.05, 0) is 12.5 Å². The molecule has 0 aliphatic carbocycles. The normalized spacial score (nSPS) is 12.3. The number of rotatable bonds is 16. The van der Waals surface area contributed by atoms with Crippen molar-refractivity contribution in [1.82, 2.24) is 0 Å². The summed E-state index contributed by atoms with van der Waals surface area (Å²) >= 11 is 0. The molecule has 0 rings (SSSR count). The summed E-state index contributed by atoms with van der Waals surface area (Å²) in [6, 6.07) is -0.324. The van der Waals surface area contributed by atoms with Crippen LogP contribution in [0.2, 0.25) is 0 Å². The van der Waals surface area contributed by atoms with Gasteiger partial charge in [0.05, 0.1) is 6.04 Å². The average Bonchev–Trinajstić information content (AvgIpc) is 2.50. The molecule has 0 aromatic carbocycles. The van der Waals surface area contributed by atoms with E-state index in [9.17, 15) is 4.79 Å². The Bertz CT molecular complexity index is 250. The van der Waals surface area contributed by atoms with E-state index in [1.165, 1.54) is 83.1 Å². The van der Waals surface area contributed by atoms with Crippen molar-refractivity contribution in [3.63, 3.8) is 0 Å². The monoisotopic (exact) mass is 295 g/mol. The highest BCUT2D eigenvalue weighted by Crippen LogP contribution is 2.13. The van der Waals surface area contributed by atoms with E-state index in [-0.39, 0.29) is 11.8 Å². The summed E-state index contributed by atoms with van der Waals surface area (Å²) in [5, 5.41) is 0. The fraction of sp³-hybridized carbons (Fsp3) is 0.842. The molecule has 0 aliphatic rings. The summed E-state index contributed by atoms with van der Waals surface area (Å²) in [4.78, 5) is 11.2. The largest absolute Gasteiger partial charge is 0.321 e. The smallest absolute Gasteiger partial charge is 0.171 e. The van der Waals surface area contributed by atoms with Gasteiger partial charge >= 0.3 is 0 Å². The van der Waals surface area contributed by atoms with Crippen LogP contribution >= 0.6 is 0 Å². The Hall–Kier alpha value is -0.630. The number of carbonyl (C=O) groups excluding carboxylic acids is 1. The minimum atomic E-state index is -0.324. The highest BCUT2D eigenvalue weighted by Gasteiger charge is 2.08. The van der Waals surface area contributed by atoms with Crippen molar-refractivity contribution in [2.24, 2.45) is 5.73 Å². The highest BCUT2D eigenvalue weighted by atomic mass is 16.1. The lowest BCUT2D eigenvalue weighted by Crippen LogP contribution is -2.28. The van der Waals surface area contributed by atoms with Crippen LogP contribution in [0.1, 0.15) is 96.8 Å². The molecule has 0 radical (unpaired) electrons. The Balaban J connectivity index is 3.12. The highest BCUT2D eigenvalue weighted by molar-refractivity contribution is 5.93. The zero-order chi connectivity index (χ0) is 15.8. The first kappa shape index (κ1) is 20.4. The van der Waals surface area contributed by atoms with Gasteiger partial charge in [0.15, 0.2) is 5.78 Å². The summed E-state index contributed by atoms with van der Waals surface area (Å²) in [6.07, 6.45) is 19.6. The third kappa shape index (κ3) is 14.1. The third-order valence-electron chi connectivity index (χ3n) is 4.19. The van der Waals surface area contributed by atoms with E-state index in [4.69, 9.17) is 5.73 Å². The lowest BCUT2D eigenvalue weighted by molar-refractivity contribution is -0.115. The maximum absolute atomic E-state index is 11.2. The van der Waals surface area contributed by atoms with Gasteiger partial charge in [0, 0.05) is 0 Å². The number of nitrogens with two attached hydrogens (primary N) is 1. The standard InChI is InChI=1S/C19H37NO/c1-3-5-6-7-8-9-10-11-12-13-14-15-16-17-18(20)19(21)4-2/h4,18H,2-3,5-17,20H2,1H3. The molecular weight excluding hydrogens is 258 g/mol. The minimum Gasteiger partial charge on any atom is -0.321 e. The molecule has 0 aromatic rings. The van der Waals surface area contributed by atoms with Crippen LogP contribution in [0.4, 0.5) is 0 Å². The van der Waals surface area contributed by atoms with Crippen LogP contribution in [0, 0.1) is 0 Å². The Morgan fingerprint density at radius 3 is 1.62 bits per heavy atom. The van der Waals surface area contributed by atoms with Crippen LogP contribution in [0.25, 0.3) is 0 Å². The average molecular weight is 296 g/mol. The summed E-state index contributed by atoms with van der Waals surface area (Å²) in [5.41, 5.74) is 5.75. The van der Waals surface area contributed by atoms with Gasteiger partial charge in [-0.2, -0.15) is 0 Å². The molecule has 0 spiro atoms. The predicted octanol–water partition coefficient (Wildman–Crippen LogP) is 5.55. The number of ketones is 1. The molecule has 2 heteroatoms. The molecule has 0 heterocycles. The van der Waals surface area contributed by atoms with Gasteiger partial charge in [-0.3, -0.25) is 4.79 Å². The Morgan fingerprint density at radius 1 is 0.857 bits per heavy atom. The Kier molecular flexibility index (Phi) is 15.3. The van der Waals surface area contributed by atoms with E-state index >= 15 is 0 Å². The first-order chi connectivity index (χ1) is 10.2. The van der Waals surface area contributed by atoms with E-state index in [1.54, 1.807) is 0 Å². The second kappa shape index (κ2) is 15.8. The molecule has 0 bridgehead atoms. The second-order valence-corrected chi connectivity index (χ2v) is 6.24. The van der Waals surface area contributed by atoms with Crippen molar-refractivity contribution in [2.75, 3.05) is 0 Å². The van der Waals surface area contributed by atoms with Crippen molar-refractivity contribution >= 4 is 5.78 Å². The molecule has 1 atom stereocenters. The number of unbranched alkanes of at least 4 members (excludes halogenated alkanes) is 12. The lowest BCUT2D eigenvalue weighted by Gasteiger charge is -2.07. The number of hydrogen-bond acceptors (Lipinski definition) is 2. The van der Waals surface area contributed by atoms with Crippen molar-refractivity contribution in [3.05, 3.63) is 12.7 Å². The van der Waals surface area contributed by atoms with Gasteiger partial charge in [0.2, 0.25) is 0 Å². The quantitative estimate of drug-likeness (QED) is 0.299. The van der Waals surface area contributed by atoms with Gasteiger partial charge in [-0.15, -0.1) is 0 Å². The molecule has 2 nitrogen and oxygen atoms in total. The molecule has 21 heavy (non-hydrogen) atoms. The van der Waals surface area contributed by atoms with E-state index in [1.807, 2.05) is 0 Å². The van der Waals surface area contributed by atoms with E-state index in [0.29, 0.717) is 0 Å². The van der Waals surface area contributed by atoms with Crippen LogP contribution in [0.5, 0.6) is 0 Å².